The summed E-state index contributed by atoms with van der Waals surface area (Å²) in [6, 6.07) is 6.25. The largest absolute Gasteiger partial charge is 0.491 e. The number of ether oxygens (including phenoxy) is 1. The highest BCUT2D eigenvalue weighted by molar-refractivity contribution is 9.10. The van der Waals surface area contributed by atoms with E-state index in [0.717, 1.165) is 17.1 Å². The van der Waals surface area contributed by atoms with Gasteiger partial charge >= 0.3 is 0 Å². The first-order valence-electron chi connectivity index (χ1n) is 6.05. The number of amidine groups is 1. The molecule has 0 bridgehead atoms. The molecule has 18 heavy (non-hydrogen) atoms. The predicted molar refractivity (Wildman–Crippen MR) is 76.3 cm³/mol. The van der Waals surface area contributed by atoms with Crippen LogP contribution in [0.1, 0.15) is 18.4 Å². The van der Waals surface area contributed by atoms with Crippen molar-refractivity contribution in [2.75, 3.05) is 20.2 Å². The molecule has 1 aliphatic rings. The van der Waals surface area contributed by atoms with E-state index in [1.807, 2.05) is 12.1 Å². The number of benzene rings is 1. The topological polar surface area (TPSA) is 62.3 Å². The van der Waals surface area contributed by atoms with Crippen LogP contribution in [0.3, 0.4) is 0 Å². The van der Waals surface area contributed by atoms with Crippen molar-refractivity contribution in [1.29, 1.82) is 5.41 Å². The molecule has 0 amide bonds. The summed E-state index contributed by atoms with van der Waals surface area (Å²) in [5.74, 6) is 0.703. The quantitative estimate of drug-likeness (QED) is 0.625. The second kappa shape index (κ2) is 5.71. The third kappa shape index (κ3) is 3.46. The van der Waals surface area contributed by atoms with Crippen LogP contribution in [0.2, 0.25) is 0 Å². The molecule has 2 rings (SSSR count). The minimum absolute atomic E-state index is 0.0352. The van der Waals surface area contributed by atoms with Gasteiger partial charge in [-0.25, -0.2) is 0 Å². The monoisotopic (exact) mass is 311 g/mol. The molecule has 0 aliphatic heterocycles. The summed E-state index contributed by atoms with van der Waals surface area (Å²) < 4.78 is 6.66. The van der Waals surface area contributed by atoms with Crippen molar-refractivity contribution in [1.82, 2.24) is 4.90 Å². The smallest absolute Gasteiger partial charge is 0.131 e. The van der Waals surface area contributed by atoms with Gasteiger partial charge in [0.25, 0.3) is 0 Å². The molecule has 4 nitrogen and oxygen atoms in total. The molecular formula is C13H18BrN3O. The molecule has 0 radical (unpaired) electrons. The lowest BCUT2D eigenvalue weighted by atomic mass is 10.2. The van der Waals surface area contributed by atoms with Gasteiger partial charge in [0.1, 0.15) is 18.2 Å². The first-order chi connectivity index (χ1) is 8.58. The Morgan fingerprint density at radius 3 is 2.89 bits per heavy atom. The number of likely N-dealkylation sites (N-methyl/N-ethyl adjacent to an activating group) is 1. The Balaban J connectivity index is 1.94. The summed E-state index contributed by atoms with van der Waals surface area (Å²) in [4.78, 5) is 2.31. The fourth-order valence-corrected chi connectivity index (χ4v) is 2.18. The van der Waals surface area contributed by atoms with E-state index in [1.54, 1.807) is 6.07 Å². The number of hydrogen-bond acceptors (Lipinski definition) is 3. The molecular weight excluding hydrogens is 294 g/mol. The molecule has 1 saturated carbocycles. The number of nitrogens with two attached hydrogens (primary N) is 1. The molecule has 98 valence electrons. The van der Waals surface area contributed by atoms with Crippen molar-refractivity contribution >= 4 is 21.8 Å². The number of nitrogens with one attached hydrogen (secondary N) is 1. The molecule has 1 fully saturated rings. The van der Waals surface area contributed by atoms with Gasteiger partial charge in [-0.3, -0.25) is 5.41 Å². The third-order valence-electron chi connectivity index (χ3n) is 3.11. The fourth-order valence-electron chi connectivity index (χ4n) is 1.84. The molecule has 5 heteroatoms. The summed E-state index contributed by atoms with van der Waals surface area (Å²) in [5, 5.41) is 7.52. The number of nitrogens with zero attached hydrogens (tertiary/aromatic N) is 1. The van der Waals surface area contributed by atoms with Crippen LogP contribution < -0.4 is 10.5 Å². The molecule has 0 spiro atoms. The molecule has 0 unspecified atom stereocenters. The van der Waals surface area contributed by atoms with Crippen molar-refractivity contribution in [3.05, 3.63) is 28.2 Å². The highest BCUT2D eigenvalue weighted by Crippen LogP contribution is 2.26. The lowest BCUT2D eigenvalue weighted by Gasteiger charge is -2.17. The van der Waals surface area contributed by atoms with Gasteiger partial charge in [0.05, 0.1) is 5.56 Å². The zero-order valence-corrected chi connectivity index (χ0v) is 12.0. The van der Waals surface area contributed by atoms with E-state index in [-0.39, 0.29) is 5.84 Å². The van der Waals surface area contributed by atoms with E-state index in [9.17, 15) is 0 Å². The van der Waals surface area contributed by atoms with E-state index in [2.05, 4.69) is 27.9 Å². The molecule has 0 saturated heterocycles. The molecule has 0 aromatic heterocycles. The Kier molecular flexibility index (Phi) is 4.24. The fraction of sp³-hybridized carbons (Fsp3) is 0.462. The number of hydrogen-bond donors (Lipinski definition) is 2. The second-order valence-corrected chi connectivity index (χ2v) is 5.53. The summed E-state index contributed by atoms with van der Waals surface area (Å²) in [6.45, 7) is 1.51. The molecule has 1 aliphatic carbocycles. The van der Waals surface area contributed by atoms with Crippen LogP contribution in [0.25, 0.3) is 0 Å². The highest BCUT2D eigenvalue weighted by Gasteiger charge is 2.25. The second-order valence-electron chi connectivity index (χ2n) is 4.61. The summed E-state index contributed by atoms with van der Waals surface area (Å²) >= 11 is 3.40. The maximum Gasteiger partial charge on any atom is 0.131 e. The van der Waals surface area contributed by atoms with Crippen LogP contribution in [0.4, 0.5) is 0 Å². The Labute approximate surface area is 116 Å². The van der Waals surface area contributed by atoms with Gasteiger partial charge < -0.3 is 15.4 Å². The molecule has 0 atom stereocenters. The van der Waals surface area contributed by atoms with E-state index < -0.39 is 0 Å². The maximum absolute atomic E-state index is 7.52. The van der Waals surface area contributed by atoms with Crippen LogP contribution in [0.15, 0.2) is 22.7 Å². The highest BCUT2D eigenvalue weighted by atomic mass is 79.9. The van der Waals surface area contributed by atoms with Crippen molar-refractivity contribution in [2.24, 2.45) is 5.73 Å². The van der Waals surface area contributed by atoms with Crippen LogP contribution in [-0.2, 0) is 0 Å². The van der Waals surface area contributed by atoms with Gasteiger partial charge in [-0.05, 0) is 38.1 Å². The van der Waals surface area contributed by atoms with Gasteiger partial charge in [-0.15, -0.1) is 0 Å². The van der Waals surface area contributed by atoms with Crippen LogP contribution in [0.5, 0.6) is 5.75 Å². The van der Waals surface area contributed by atoms with Gasteiger partial charge in [-0.2, -0.15) is 0 Å². The maximum atomic E-state index is 7.52. The van der Waals surface area contributed by atoms with Gasteiger partial charge in [0.15, 0.2) is 0 Å². The molecule has 0 heterocycles. The van der Waals surface area contributed by atoms with Crippen molar-refractivity contribution in [3.63, 3.8) is 0 Å². The lowest BCUT2D eigenvalue weighted by molar-refractivity contribution is 0.231. The zero-order valence-electron chi connectivity index (χ0n) is 10.4. The molecule has 1 aromatic rings. The minimum Gasteiger partial charge on any atom is -0.491 e. The van der Waals surface area contributed by atoms with Crippen LogP contribution in [0, 0.1) is 5.41 Å². The Hall–Kier alpha value is -1.07. The lowest BCUT2D eigenvalue weighted by Crippen LogP contribution is -2.26. The predicted octanol–water partition coefficient (Wildman–Crippen LogP) is 2.21. The average Bonchev–Trinajstić information content (AvgIpc) is 3.12. The van der Waals surface area contributed by atoms with E-state index in [1.165, 1.54) is 12.8 Å². The summed E-state index contributed by atoms with van der Waals surface area (Å²) in [6.07, 6.45) is 2.60. The van der Waals surface area contributed by atoms with Crippen molar-refractivity contribution < 1.29 is 4.74 Å². The average molecular weight is 312 g/mol. The van der Waals surface area contributed by atoms with E-state index in [4.69, 9.17) is 15.9 Å². The van der Waals surface area contributed by atoms with Crippen molar-refractivity contribution in [3.8, 4) is 5.75 Å². The Morgan fingerprint density at radius 2 is 2.28 bits per heavy atom. The first-order valence-corrected chi connectivity index (χ1v) is 6.84. The van der Waals surface area contributed by atoms with Gasteiger partial charge in [0.2, 0.25) is 0 Å². The minimum atomic E-state index is 0.0352. The SMILES string of the molecule is CN(CCOc1cc(Br)ccc1C(=N)N)C1CC1. The third-order valence-corrected chi connectivity index (χ3v) is 3.60. The first kappa shape index (κ1) is 13.4. The van der Waals surface area contributed by atoms with Crippen LogP contribution >= 0.6 is 15.9 Å². The van der Waals surface area contributed by atoms with Crippen molar-refractivity contribution in [2.45, 2.75) is 18.9 Å². The standard InChI is InChI=1S/C13H18BrN3O/c1-17(10-3-4-10)6-7-18-12-8-9(14)2-5-11(12)13(15)16/h2,5,8,10H,3-4,6-7H2,1H3,(H3,15,16). The zero-order chi connectivity index (χ0) is 13.1. The number of halogens is 1. The van der Waals surface area contributed by atoms with Gasteiger partial charge in [0, 0.05) is 17.1 Å². The summed E-state index contributed by atoms with van der Waals surface area (Å²) in [5.41, 5.74) is 6.18. The van der Waals surface area contributed by atoms with E-state index in [0.29, 0.717) is 17.9 Å². The Morgan fingerprint density at radius 1 is 1.56 bits per heavy atom. The van der Waals surface area contributed by atoms with Gasteiger partial charge in [-0.1, -0.05) is 15.9 Å². The number of rotatable bonds is 6. The molecule has 1 aromatic carbocycles. The number of nitrogen functional groups attached to an aromatic ring is 1. The normalized spacial score (nSPS) is 14.8. The summed E-state index contributed by atoms with van der Waals surface area (Å²) in [7, 11) is 2.12. The Bertz CT molecular complexity index is 446. The van der Waals surface area contributed by atoms with Crippen LogP contribution in [-0.4, -0.2) is 37.0 Å². The van der Waals surface area contributed by atoms with E-state index >= 15 is 0 Å². The molecule has 3 N–H and O–H groups in total.